The number of hydrogen-bond acceptors (Lipinski definition) is 4. The summed E-state index contributed by atoms with van der Waals surface area (Å²) in [7, 11) is -3.05. The van der Waals surface area contributed by atoms with E-state index in [1.54, 1.807) is 6.07 Å². The molecule has 0 unspecified atom stereocenters. The van der Waals surface area contributed by atoms with E-state index >= 15 is 0 Å². The highest BCUT2D eigenvalue weighted by atomic mass is 32.2. The van der Waals surface area contributed by atoms with E-state index in [1.807, 2.05) is 6.07 Å². The summed E-state index contributed by atoms with van der Waals surface area (Å²) in [5.41, 5.74) is 0.0131. The Morgan fingerprint density at radius 2 is 1.80 bits per heavy atom. The predicted octanol–water partition coefficient (Wildman–Crippen LogP) is 3.27. The van der Waals surface area contributed by atoms with Crippen molar-refractivity contribution in [3.63, 3.8) is 0 Å². The Balaban J connectivity index is 2.51. The fourth-order valence-corrected chi connectivity index (χ4v) is 3.19. The summed E-state index contributed by atoms with van der Waals surface area (Å²) in [6.07, 6.45) is 2.72. The Kier molecular flexibility index (Phi) is 6.27. The van der Waals surface area contributed by atoms with E-state index in [2.05, 4.69) is 33.0 Å². The summed E-state index contributed by atoms with van der Waals surface area (Å²) >= 11 is 0. The summed E-state index contributed by atoms with van der Waals surface area (Å²) in [5.74, 6) is 1.56. The standard InChI is InChI=1S/C15H27NO3S/c1-5-6-7-10-20(17,18)12-14-9-8-13(19-14)11-16-15(2,3)4/h8-9,16H,5-7,10-12H2,1-4H3. The fraction of sp³-hybridized carbons (Fsp3) is 0.733. The smallest absolute Gasteiger partial charge is 0.157 e. The number of furan rings is 1. The Bertz CT molecular complexity index is 497. The van der Waals surface area contributed by atoms with Crippen LogP contribution in [0.2, 0.25) is 0 Å². The first-order valence-electron chi connectivity index (χ1n) is 7.25. The first kappa shape index (κ1) is 17.2. The van der Waals surface area contributed by atoms with Gasteiger partial charge in [0.25, 0.3) is 0 Å². The van der Waals surface area contributed by atoms with E-state index in [1.165, 1.54) is 0 Å². The average molecular weight is 301 g/mol. The van der Waals surface area contributed by atoms with Crippen LogP contribution in [0.3, 0.4) is 0 Å². The van der Waals surface area contributed by atoms with E-state index < -0.39 is 9.84 Å². The molecule has 0 fully saturated rings. The van der Waals surface area contributed by atoms with Gasteiger partial charge < -0.3 is 9.73 Å². The number of nitrogens with one attached hydrogen (secondary N) is 1. The van der Waals surface area contributed by atoms with Gasteiger partial charge in [0.2, 0.25) is 0 Å². The average Bonchev–Trinajstić information content (AvgIpc) is 2.72. The highest BCUT2D eigenvalue weighted by molar-refractivity contribution is 7.90. The second-order valence-corrected chi connectivity index (χ2v) is 8.45. The number of hydrogen-bond donors (Lipinski definition) is 1. The van der Waals surface area contributed by atoms with Gasteiger partial charge in [0.1, 0.15) is 17.3 Å². The van der Waals surface area contributed by atoms with Crippen molar-refractivity contribution >= 4 is 9.84 Å². The number of rotatable bonds is 8. The van der Waals surface area contributed by atoms with Gasteiger partial charge in [-0.1, -0.05) is 19.8 Å². The SMILES string of the molecule is CCCCCS(=O)(=O)Cc1ccc(CNC(C)(C)C)o1. The van der Waals surface area contributed by atoms with Gasteiger partial charge >= 0.3 is 0 Å². The largest absolute Gasteiger partial charge is 0.464 e. The Morgan fingerprint density at radius 1 is 1.15 bits per heavy atom. The third-order valence-electron chi connectivity index (χ3n) is 2.93. The molecule has 0 spiro atoms. The van der Waals surface area contributed by atoms with Gasteiger partial charge in [-0.3, -0.25) is 0 Å². The van der Waals surface area contributed by atoms with Crippen LogP contribution in [0.25, 0.3) is 0 Å². The van der Waals surface area contributed by atoms with Gasteiger partial charge in [-0.2, -0.15) is 0 Å². The van der Waals surface area contributed by atoms with Crippen LogP contribution in [-0.2, 0) is 22.1 Å². The predicted molar refractivity (Wildman–Crippen MR) is 82.3 cm³/mol. The molecule has 1 aromatic rings. The minimum absolute atomic E-state index is 0.00618. The molecule has 0 aliphatic rings. The van der Waals surface area contributed by atoms with Crippen molar-refractivity contribution in [1.29, 1.82) is 0 Å². The molecule has 0 aliphatic carbocycles. The van der Waals surface area contributed by atoms with E-state index in [0.29, 0.717) is 12.3 Å². The van der Waals surface area contributed by atoms with E-state index in [9.17, 15) is 8.42 Å². The van der Waals surface area contributed by atoms with Crippen LogP contribution in [0.4, 0.5) is 0 Å². The molecular formula is C15H27NO3S. The molecule has 20 heavy (non-hydrogen) atoms. The third kappa shape index (κ3) is 7.10. The van der Waals surface area contributed by atoms with Gasteiger partial charge in [-0.15, -0.1) is 0 Å². The lowest BCUT2D eigenvalue weighted by molar-refractivity contribution is 0.381. The Morgan fingerprint density at radius 3 is 2.40 bits per heavy atom. The van der Waals surface area contributed by atoms with Crippen molar-refractivity contribution in [2.24, 2.45) is 0 Å². The molecule has 0 atom stereocenters. The van der Waals surface area contributed by atoms with Gasteiger partial charge in [0.05, 0.1) is 12.3 Å². The molecule has 1 rings (SSSR count). The number of unbranched alkanes of at least 4 members (excludes halogenated alkanes) is 2. The van der Waals surface area contributed by atoms with Crippen molar-refractivity contribution in [1.82, 2.24) is 5.32 Å². The van der Waals surface area contributed by atoms with Crippen LogP contribution in [-0.4, -0.2) is 19.7 Å². The minimum atomic E-state index is -3.05. The zero-order valence-electron chi connectivity index (χ0n) is 13.0. The van der Waals surface area contributed by atoms with Gasteiger partial charge in [-0.25, -0.2) is 8.42 Å². The van der Waals surface area contributed by atoms with Crippen molar-refractivity contribution in [3.8, 4) is 0 Å². The second kappa shape index (κ2) is 7.27. The molecule has 1 N–H and O–H groups in total. The second-order valence-electron chi connectivity index (χ2n) is 6.27. The third-order valence-corrected chi connectivity index (χ3v) is 4.57. The molecule has 0 amide bonds. The Labute approximate surface area is 122 Å². The maximum atomic E-state index is 11.9. The molecule has 0 bridgehead atoms. The molecule has 0 aromatic carbocycles. The molecule has 0 radical (unpaired) electrons. The van der Waals surface area contributed by atoms with Gasteiger partial charge in [0, 0.05) is 5.54 Å². The maximum Gasteiger partial charge on any atom is 0.157 e. The van der Waals surface area contributed by atoms with E-state index in [0.717, 1.165) is 25.0 Å². The van der Waals surface area contributed by atoms with Crippen LogP contribution in [0, 0.1) is 0 Å². The first-order chi connectivity index (χ1) is 9.22. The highest BCUT2D eigenvalue weighted by Crippen LogP contribution is 2.14. The summed E-state index contributed by atoms with van der Waals surface area (Å²) in [6, 6.07) is 3.60. The van der Waals surface area contributed by atoms with Gasteiger partial charge in [-0.05, 0) is 39.3 Å². The van der Waals surface area contributed by atoms with Crippen LogP contribution in [0.15, 0.2) is 16.5 Å². The zero-order valence-corrected chi connectivity index (χ0v) is 13.8. The van der Waals surface area contributed by atoms with E-state index in [4.69, 9.17) is 4.42 Å². The van der Waals surface area contributed by atoms with Gasteiger partial charge in [0.15, 0.2) is 9.84 Å². The van der Waals surface area contributed by atoms with Crippen molar-refractivity contribution < 1.29 is 12.8 Å². The summed E-state index contributed by atoms with van der Waals surface area (Å²) in [4.78, 5) is 0. The minimum Gasteiger partial charge on any atom is -0.464 e. The van der Waals surface area contributed by atoms with Crippen LogP contribution >= 0.6 is 0 Å². The van der Waals surface area contributed by atoms with E-state index in [-0.39, 0.29) is 17.0 Å². The lowest BCUT2D eigenvalue weighted by Crippen LogP contribution is -2.34. The quantitative estimate of drug-likeness (QED) is 0.749. The van der Waals surface area contributed by atoms with Crippen molar-refractivity contribution in [2.45, 2.75) is 64.8 Å². The zero-order chi connectivity index (χ0) is 15.2. The van der Waals surface area contributed by atoms with Crippen LogP contribution in [0.1, 0.15) is 58.5 Å². The highest BCUT2D eigenvalue weighted by Gasteiger charge is 2.15. The fourth-order valence-electron chi connectivity index (χ4n) is 1.81. The normalized spacial score (nSPS) is 12.8. The number of sulfone groups is 1. The maximum absolute atomic E-state index is 11.9. The van der Waals surface area contributed by atoms with Crippen LogP contribution in [0.5, 0.6) is 0 Å². The molecule has 1 aromatic heterocycles. The lowest BCUT2D eigenvalue weighted by atomic mass is 10.1. The Hall–Kier alpha value is -0.810. The molecular weight excluding hydrogens is 274 g/mol. The van der Waals surface area contributed by atoms with Crippen molar-refractivity contribution in [2.75, 3.05) is 5.75 Å². The molecule has 0 saturated carbocycles. The summed E-state index contributed by atoms with van der Waals surface area (Å²) < 4.78 is 29.4. The lowest BCUT2D eigenvalue weighted by Gasteiger charge is -2.19. The molecule has 4 nitrogen and oxygen atoms in total. The van der Waals surface area contributed by atoms with Crippen LogP contribution < -0.4 is 5.32 Å². The van der Waals surface area contributed by atoms with Crippen molar-refractivity contribution in [3.05, 3.63) is 23.7 Å². The molecule has 0 saturated heterocycles. The summed E-state index contributed by atoms with van der Waals surface area (Å²) in [5, 5.41) is 3.31. The topological polar surface area (TPSA) is 59.3 Å². The molecule has 1 heterocycles. The first-order valence-corrected chi connectivity index (χ1v) is 9.07. The monoisotopic (exact) mass is 301 g/mol. The molecule has 0 aliphatic heterocycles. The molecule has 116 valence electrons. The molecule has 5 heteroatoms. The summed E-state index contributed by atoms with van der Waals surface area (Å²) in [6.45, 7) is 8.91.